The van der Waals surface area contributed by atoms with Crippen LogP contribution in [-0.2, 0) is 19.6 Å². The molecule has 3 heterocycles. The first-order chi connectivity index (χ1) is 18.7. The van der Waals surface area contributed by atoms with Gasteiger partial charge < -0.3 is 14.4 Å². The normalized spacial score (nSPS) is 11.1. The largest absolute Gasteiger partial charge is 0.491 e. The number of aryl methyl sites for hydroxylation is 1. The minimum Gasteiger partial charge on any atom is -0.491 e. The van der Waals surface area contributed by atoms with E-state index in [1.165, 1.54) is 0 Å². The average Bonchev–Trinajstić information content (AvgIpc) is 3.61. The zero-order chi connectivity index (χ0) is 26.3. The van der Waals surface area contributed by atoms with E-state index in [2.05, 4.69) is 72.4 Å². The molecule has 0 fully saturated rings. The molecule has 2 aromatic carbocycles. The van der Waals surface area contributed by atoms with Gasteiger partial charge in [-0.3, -0.25) is 0 Å². The number of hydrogen-bond donors (Lipinski definition) is 2. The van der Waals surface area contributed by atoms with Crippen LogP contribution in [0.1, 0.15) is 43.8 Å². The monoisotopic (exact) mass is 510 g/mol. The Bertz CT molecular complexity index is 1460. The molecular weight excluding hydrogens is 480 g/mol. The van der Waals surface area contributed by atoms with Gasteiger partial charge in [0.15, 0.2) is 17.4 Å². The van der Waals surface area contributed by atoms with Gasteiger partial charge in [0.25, 0.3) is 0 Å². The predicted molar refractivity (Wildman–Crippen MR) is 143 cm³/mol. The highest BCUT2D eigenvalue weighted by atomic mass is 16.5. The third kappa shape index (κ3) is 5.30. The zero-order valence-corrected chi connectivity index (χ0v) is 21.5. The molecule has 0 unspecified atom stereocenters. The van der Waals surface area contributed by atoms with E-state index in [9.17, 15) is 5.11 Å². The summed E-state index contributed by atoms with van der Waals surface area (Å²) in [6, 6.07) is 16.4. The van der Waals surface area contributed by atoms with Crippen LogP contribution in [0.2, 0.25) is 0 Å². The number of rotatable bonds is 11. The number of nitrogens with zero attached hydrogens (tertiary/aromatic N) is 7. The topological polar surface area (TPSA) is 128 Å². The lowest BCUT2D eigenvalue weighted by atomic mass is 9.98. The molecule has 5 aromatic rings. The fourth-order valence-corrected chi connectivity index (χ4v) is 4.46. The Morgan fingerprint density at radius 1 is 0.974 bits per heavy atom. The summed E-state index contributed by atoms with van der Waals surface area (Å²) >= 11 is 0. The van der Waals surface area contributed by atoms with Crippen molar-refractivity contribution in [2.75, 3.05) is 6.61 Å². The second-order valence-electron chi connectivity index (χ2n) is 8.84. The Hall–Kier alpha value is -4.44. The summed E-state index contributed by atoms with van der Waals surface area (Å²) in [5.41, 5.74) is 5.43. The molecule has 0 aliphatic rings. The lowest BCUT2D eigenvalue weighted by molar-refractivity contribution is 0.271. The van der Waals surface area contributed by atoms with Crippen LogP contribution in [0.4, 0.5) is 0 Å². The van der Waals surface area contributed by atoms with E-state index in [-0.39, 0.29) is 6.61 Å². The van der Waals surface area contributed by atoms with Gasteiger partial charge in [-0.15, -0.1) is 5.10 Å². The highest BCUT2D eigenvalue weighted by Crippen LogP contribution is 2.30. The van der Waals surface area contributed by atoms with Crippen LogP contribution in [0, 0.1) is 0 Å². The molecule has 5 rings (SSSR count). The van der Waals surface area contributed by atoms with Crippen molar-refractivity contribution in [3.8, 4) is 39.8 Å². The van der Waals surface area contributed by atoms with Crippen molar-refractivity contribution in [2.45, 2.75) is 46.3 Å². The Morgan fingerprint density at radius 3 is 2.39 bits per heavy atom. The number of benzene rings is 2. The molecule has 10 heteroatoms. The predicted octanol–water partition coefficient (Wildman–Crippen LogP) is 4.47. The molecule has 0 aliphatic carbocycles. The number of ether oxygens (including phenoxy) is 1. The van der Waals surface area contributed by atoms with Crippen LogP contribution in [0.15, 0.2) is 60.9 Å². The second kappa shape index (κ2) is 11.7. The molecule has 0 spiro atoms. The van der Waals surface area contributed by atoms with Crippen molar-refractivity contribution >= 4 is 0 Å². The van der Waals surface area contributed by atoms with E-state index in [0.29, 0.717) is 41.9 Å². The summed E-state index contributed by atoms with van der Waals surface area (Å²) in [5, 5.41) is 24.7. The molecule has 2 N–H and O–H groups in total. The van der Waals surface area contributed by atoms with Gasteiger partial charge >= 0.3 is 0 Å². The van der Waals surface area contributed by atoms with Gasteiger partial charge in [-0.25, -0.2) is 20.1 Å². The maximum atomic E-state index is 10.4. The SMILES string of the molecule is CCCCc1nc(-c2ncc(OCC)cn2)c(CO)n1Cc1ccc(-c2ccccc2-c2nnn[nH]2)cc1. The van der Waals surface area contributed by atoms with Gasteiger partial charge in [0, 0.05) is 18.5 Å². The van der Waals surface area contributed by atoms with Gasteiger partial charge in [0.2, 0.25) is 0 Å². The van der Waals surface area contributed by atoms with Crippen molar-refractivity contribution in [3.63, 3.8) is 0 Å². The molecule has 3 aromatic heterocycles. The average molecular weight is 511 g/mol. The van der Waals surface area contributed by atoms with Crippen LogP contribution >= 0.6 is 0 Å². The number of tetrazole rings is 1. The van der Waals surface area contributed by atoms with E-state index in [1.807, 2.05) is 25.1 Å². The highest BCUT2D eigenvalue weighted by molar-refractivity contribution is 5.80. The van der Waals surface area contributed by atoms with Gasteiger partial charge in [0.1, 0.15) is 11.5 Å². The fourth-order valence-electron chi connectivity index (χ4n) is 4.46. The minimum absolute atomic E-state index is 0.165. The summed E-state index contributed by atoms with van der Waals surface area (Å²) in [7, 11) is 0. The number of hydrogen-bond acceptors (Lipinski definition) is 8. The van der Waals surface area contributed by atoms with E-state index in [0.717, 1.165) is 47.3 Å². The molecule has 0 saturated carbocycles. The fraction of sp³-hybridized carbons (Fsp3) is 0.286. The lowest BCUT2D eigenvalue weighted by Gasteiger charge is -2.13. The third-order valence-corrected chi connectivity index (χ3v) is 6.34. The Morgan fingerprint density at radius 2 is 1.74 bits per heavy atom. The van der Waals surface area contributed by atoms with E-state index >= 15 is 0 Å². The first-order valence-corrected chi connectivity index (χ1v) is 12.8. The summed E-state index contributed by atoms with van der Waals surface area (Å²) in [5.74, 6) is 2.62. The quantitative estimate of drug-likeness (QED) is 0.266. The lowest BCUT2D eigenvalue weighted by Crippen LogP contribution is -2.09. The molecule has 194 valence electrons. The van der Waals surface area contributed by atoms with Crippen molar-refractivity contribution in [2.24, 2.45) is 0 Å². The Kier molecular flexibility index (Phi) is 7.79. The van der Waals surface area contributed by atoms with Crippen molar-refractivity contribution in [1.82, 2.24) is 40.1 Å². The maximum Gasteiger partial charge on any atom is 0.180 e. The highest BCUT2D eigenvalue weighted by Gasteiger charge is 2.20. The number of nitrogens with one attached hydrogen (secondary N) is 1. The van der Waals surface area contributed by atoms with E-state index in [4.69, 9.17) is 9.72 Å². The molecule has 0 bridgehead atoms. The maximum absolute atomic E-state index is 10.4. The Balaban J connectivity index is 1.46. The molecule has 0 saturated heterocycles. The molecule has 0 amide bonds. The number of aromatic amines is 1. The third-order valence-electron chi connectivity index (χ3n) is 6.34. The number of aromatic nitrogens is 8. The van der Waals surface area contributed by atoms with Gasteiger partial charge in [-0.1, -0.05) is 61.9 Å². The van der Waals surface area contributed by atoms with Crippen molar-refractivity contribution in [3.05, 3.63) is 78.0 Å². The first-order valence-electron chi connectivity index (χ1n) is 12.8. The molecule has 38 heavy (non-hydrogen) atoms. The van der Waals surface area contributed by atoms with Gasteiger partial charge in [0.05, 0.1) is 31.3 Å². The van der Waals surface area contributed by atoms with Crippen molar-refractivity contribution in [1.29, 1.82) is 0 Å². The van der Waals surface area contributed by atoms with Crippen LogP contribution in [0.5, 0.6) is 5.75 Å². The summed E-state index contributed by atoms with van der Waals surface area (Å²) in [6.07, 6.45) is 6.13. The minimum atomic E-state index is -0.165. The van der Waals surface area contributed by atoms with E-state index in [1.54, 1.807) is 12.4 Å². The number of imidazole rings is 1. The second-order valence-corrected chi connectivity index (χ2v) is 8.84. The summed E-state index contributed by atoms with van der Waals surface area (Å²) in [4.78, 5) is 13.8. The zero-order valence-electron chi connectivity index (χ0n) is 21.5. The van der Waals surface area contributed by atoms with Crippen LogP contribution in [0.25, 0.3) is 34.0 Å². The van der Waals surface area contributed by atoms with Crippen molar-refractivity contribution < 1.29 is 9.84 Å². The molecule has 0 aliphatic heterocycles. The van der Waals surface area contributed by atoms with Gasteiger partial charge in [-0.05, 0) is 40.5 Å². The molecule has 0 atom stereocenters. The molecule has 0 radical (unpaired) electrons. The number of aliphatic hydroxyl groups excluding tert-OH is 1. The van der Waals surface area contributed by atoms with Crippen LogP contribution in [-0.4, -0.2) is 51.9 Å². The smallest absolute Gasteiger partial charge is 0.180 e. The number of unbranched alkanes of at least 4 members (excludes halogenated alkanes) is 1. The van der Waals surface area contributed by atoms with Crippen LogP contribution < -0.4 is 4.74 Å². The van der Waals surface area contributed by atoms with E-state index < -0.39 is 0 Å². The van der Waals surface area contributed by atoms with Gasteiger partial charge in [-0.2, -0.15) is 0 Å². The molecule has 10 nitrogen and oxygen atoms in total. The number of aliphatic hydroxyl groups is 1. The first kappa shape index (κ1) is 25.2. The standard InChI is InChI=1S/C28H30N8O2/c1-3-5-10-25-31-26(28-29-15-21(16-30-28)38-4-2)24(18-37)36(25)17-19-11-13-20(14-12-19)22-8-6-7-9-23(22)27-32-34-35-33-27/h6-9,11-16,37H,3-5,10,17-18H2,1-2H3,(H,32,33,34,35). The number of H-pyrrole nitrogens is 1. The summed E-state index contributed by atoms with van der Waals surface area (Å²) in [6.45, 7) is 5.03. The van der Waals surface area contributed by atoms with Crippen LogP contribution in [0.3, 0.4) is 0 Å². The molecular formula is C28H30N8O2. The Labute approximate surface area is 220 Å². The summed E-state index contributed by atoms with van der Waals surface area (Å²) < 4.78 is 7.56.